The van der Waals surface area contributed by atoms with E-state index in [1.165, 1.54) is 17.7 Å². The highest BCUT2D eigenvalue weighted by atomic mass is 79.9. The van der Waals surface area contributed by atoms with Gasteiger partial charge in [-0.2, -0.15) is 0 Å². The van der Waals surface area contributed by atoms with Crippen molar-refractivity contribution in [3.63, 3.8) is 0 Å². The molecular formula is C33H43BrN4O5. The van der Waals surface area contributed by atoms with Gasteiger partial charge in [-0.25, -0.2) is 4.79 Å². The Morgan fingerprint density at radius 3 is 2.28 bits per heavy atom. The van der Waals surface area contributed by atoms with Crippen LogP contribution in [0.2, 0.25) is 0 Å². The molecule has 1 atom stereocenters. The van der Waals surface area contributed by atoms with Crippen molar-refractivity contribution in [2.24, 2.45) is 5.92 Å². The van der Waals surface area contributed by atoms with Crippen molar-refractivity contribution in [2.45, 2.75) is 70.6 Å². The first-order valence-corrected chi connectivity index (χ1v) is 16.3. The van der Waals surface area contributed by atoms with E-state index in [4.69, 9.17) is 4.74 Å². The maximum absolute atomic E-state index is 14.1. The van der Waals surface area contributed by atoms with Gasteiger partial charge in [0.15, 0.2) is 5.60 Å². The number of halogens is 1. The SMILES string of the molecule is CC(C)(Oc1cccc(N2CCCC(C(=O)N(Cc3ccc(Br)cc3)C3CCCC3)C2)c1)C(=O)N1CCN(C(=O)O)CC1. The van der Waals surface area contributed by atoms with Crippen LogP contribution in [0, 0.1) is 5.92 Å². The van der Waals surface area contributed by atoms with Crippen LogP contribution in [-0.2, 0) is 16.1 Å². The first-order valence-electron chi connectivity index (χ1n) is 15.5. The number of piperazine rings is 1. The Morgan fingerprint density at radius 1 is 0.930 bits per heavy atom. The molecule has 2 saturated heterocycles. The fourth-order valence-corrected chi connectivity index (χ4v) is 6.87. The number of nitrogens with zero attached hydrogens (tertiary/aromatic N) is 4. The number of rotatable bonds is 8. The molecule has 232 valence electrons. The van der Waals surface area contributed by atoms with Gasteiger partial charge in [0.25, 0.3) is 5.91 Å². The Bertz CT molecular complexity index is 1290. The van der Waals surface area contributed by atoms with Crippen LogP contribution in [0.15, 0.2) is 53.0 Å². The Labute approximate surface area is 262 Å². The highest BCUT2D eigenvalue weighted by Crippen LogP contribution is 2.32. The number of anilines is 1. The number of carbonyl (C=O) groups excluding carboxylic acids is 2. The van der Waals surface area contributed by atoms with Gasteiger partial charge in [-0.3, -0.25) is 9.59 Å². The van der Waals surface area contributed by atoms with Gasteiger partial charge in [0, 0.05) is 68.1 Å². The van der Waals surface area contributed by atoms with E-state index < -0.39 is 11.7 Å². The number of benzene rings is 2. The number of piperidine rings is 1. The minimum absolute atomic E-state index is 0.0724. The fourth-order valence-electron chi connectivity index (χ4n) is 6.60. The summed E-state index contributed by atoms with van der Waals surface area (Å²) in [6.07, 6.45) is 5.35. The van der Waals surface area contributed by atoms with Gasteiger partial charge in [-0.15, -0.1) is 0 Å². The topological polar surface area (TPSA) is 93.6 Å². The molecule has 9 nitrogen and oxygen atoms in total. The summed E-state index contributed by atoms with van der Waals surface area (Å²) in [6, 6.07) is 16.4. The first kappa shape index (κ1) is 31.2. The Balaban J connectivity index is 1.24. The van der Waals surface area contributed by atoms with Crippen molar-refractivity contribution in [3.05, 3.63) is 58.6 Å². The van der Waals surface area contributed by atoms with Crippen molar-refractivity contribution in [3.8, 4) is 5.75 Å². The third kappa shape index (κ3) is 7.63. The molecule has 1 aliphatic carbocycles. The lowest BCUT2D eigenvalue weighted by atomic mass is 9.94. The summed E-state index contributed by atoms with van der Waals surface area (Å²) >= 11 is 3.52. The number of hydrogen-bond donors (Lipinski definition) is 1. The predicted molar refractivity (Wildman–Crippen MR) is 169 cm³/mol. The molecule has 3 fully saturated rings. The molecule has 1 saturated carbocycles. The standard InChI is InChI=1S/C33H43BrN4O5/c1-33(2,31(40)35-17-19-36(20-18-35)32(41)42)43-29-11-5-10-28(21-29)37-16-6-7-25(23-37)30(39)38(27-8-3-4-9-27)22-24-12-14-26(34)15-13-24/h5,10-15,21,25,27H,3-4,6-9,16-20,22-23H2,1-2H3,(H,41,42). The monoisotopic (exact) mass is 654 g/mol. The molecule has 3 amide bonds. The van der Waals surface area contributed by atoms with Gasteiger partial charge in [0.05, 0.1) is 5.92 Å². The van der Waals surface area contributed by atoms with Crippen LogP contribution in [0.25, 0.3) is 0 Å². The van der Waals surface area contributed by atoms with Crippen LogP contribution >= 0.6 is 15.9 Å². The molecule has 3 aliphatic rings. The highest BCUT2D eigenvalue weighted by Gasteiger charge is 2.37. The van der Waals surface area contributed by atoms with E-state index in [2.05, 4.69) is 37.9 Å². The third-order valence-corrected chi connectivity index (χ3v) is 9.52. The number of carboxylic acid groups (broad SMARTS) is 1. The normalized spacial score (nSPS) is 19.8. The van der Waals surface area contributed by atoms with Crippen LogP contribution in [0.1, 0.15) is 57.9 Å². The van der Waals surface area contributed by atoms with Gasteiger partial charge in [0.2, 0.25) is 5.91 Å². The molecule has 0 bridgehead atoms. The molecule has 1 unspecified atom stereocenters. The third-order valence-electron chi connectivity index (χ3n) is 8.99. The van der Waals surface area contributed by atoms with E-state index in [1.54, 1.807) is 18.7 Å². The molecule has 1 N–H and O–H groups in total. The first-order chi connectivity index (χ1) is 20.6. The molecule has 5 rings (SSSR count). The molecule has 0 spiro atoms. The number of amides is 3. The van der Waals surface area contributed by atoms with E-state index in [1.807, 2.05) is 36.4 Å². The van der Waals surface area contributed by atoms with Crippen molar-refractivity contribution >= 4 is 39.5 Å². The molecule has 43 heavy (non-hydrogen) atoms. The Kier molecular flexibility index (Phi) is 9.84. The fraction of sp³-hybridized carbons (Fsp3) is 0.545. The molecule has 2 heterocycles. The zero-order chi connectivity index (χ0) is 30.6. The Morgan fingerprint density at radius 2 is 1.60 bits per heavy atom. The van der Waals surface area contributed by atoms with Gasteiger partial charge in [0.1, 0.15) is 5.75 Å². The smallest absolute Gasteiger partial charge is 0.407 e. The van der Waals surface area contributed by atoms with Gasteiger partial charge in [-0.05, 0) is 69.4 Å². The quantitative estimate of drug-likeness (QED) is 0.397. The van der Waals surface area contributed by atoms with Crippen LogP contribution in [-0.4, -0.2) is 88.6 Å². The summed E-state index contributed by atoms with van der Waals surface area (Å²) in [5.74, 6) is 0.610. The van der Waals surface area contributed by atoms with Crippen LogP contribution in [0.5, 0.6) is 5.75 Å². The van der Waals surface area contributed by atoms with Crippen LogP contribution < -0.4 is 9.64 Å². The number of ether oxygens (including phenoxy) is 1. The van der Waals surface area contributed by atoms with Crippen molar-refractivity contribution in [2.75, 3.05) is 44.2 Å². The van der Waals surface area contributed by atoms with Crippen LogP contribution in [0.4, 0.5) is 10.5 Å². The molecule has 2 aromatic carbocycles. The highest BCUT2D eigenvalue weighted by molar-refractivity contribution is 9.10. The summed E-state index contributed by atoms with van der Waals surface area (Å²) in [5.41, 5.74) is 1.02. The second-order valence-corrected chi connectivity index (χ2v) is 13.4. The largest absolute Gasteiger partial charge is 0.478 e. The predicted octanol–water partition coefficient (Wildman–Crippen LogP) is 5.62. The molecule has 2 aliphatic heterocycles. The number of hydrogen-bond acceptors (Lipinski definition) is 5. The number of carbonyl (C=O) groups is 3. The second-order valence-electron chi connectivity index (χ2n) is 12.5. The van der Waals surface area contributed by atoms with Crippen LogP contribution in [0.3, 0.4) is 0 Å². The van der Waals surface area contributed by atoms with Gasteiger partial charge < -0.3 is 29.4 Å². The molecule has 10 heteroatoms. The van der Waals surface area contributed by atoms with E-state index in [9.17, 15) is 19.5 Å². The molecule has 2 aromatic rings. The lowest BCUT2D eigenvalue weighted by Gasteiger charge is -2.39. The average molecular weight is 656 g/mol. The summed E-state index contributed by atoms with van der Waals surface area (Å²) < 4.78 is 7.29. The van der Waals surface area contributed by atoms with Gasteiger partial charge >= 0.3 is 6.09 Å². The summed E-state index contributed by atoms with van der Waals surface area (Å²) in [4.78, 5) is 46.0. The Hall–Kier alpha value is -3.27. The van der Waals surface area contributed by atoms with E-state index >= 15 is 0 Å². The summed E-state index contributed by atoms with van der Waals surface area (Å²) in [5, 5.41) is 9.21. The molecular weight excluding hydrogens is 612 g/mol. The van der Waals surface area contributed by atoms with Crippen molar-refractivity contribution in [1.29, 1.82) is 0 Å². The van der Waals surface area contributed by atoms with Crippen molar-refractivity contribution in [1.82, 2.24) is 14.7 Å². The maximum atomic E-state index is 14.1. The lowest BCUT2D eigenvalue weighted by molar-refractivity contribution is -0.147. The van der Waals surface area contributed by atoms with E-state index in [0.717, 1.165) is 48.0 Å². The second kappa shape index (κ2) is 13.6. The summed E-state index contributed by atoms with van der Waals surface area (Å²) in [7, 11) is 0. The maximum Gasteiger partial charge on any atom is 0.407 e. The minimum atomic E-state index is -1.11. The zero-order valence-electron chi connectivity index (χ0n) is 25.2. The molecule has 0 radical (unpaired) electrons. The molecule has 0 aromatic heterocycles. The average Bonchev–Trinajstić information content (AvgIpc) is 3.55. The lowest BCUT2D eigenvalue weighted by Crippen LogP contribution is -2.56. The van der Waals surface area contributed by atoms with E-state index in [-0.39, 0.29) is 17.7 Å². The minimum Gasteiger partial charge on any atom is -0.478 e. The zero-order valence-corrected chi connectivity index (χ0v) is 26.8. The van der Waals surface area contributed by atoms with E-state index in [0.29, 0.717) is 51.1 Å². The van der Waals surface area contributed by atoms with Crippen molar-refractivity contribution < 1.29 is 24.2 Å². The summed E-state index contributed by atoms with van der Waals surface area (Å²) in [6.45, 7) is 6.95. The van der Waals surface area contributed by atoms with Gasteiger partial charge in [-0.1, -0.05) is 47.0 Å².